The van der Waals surface area contributed by atoms with Crippen LogP contribution in [-0.4, -0.2) is 0 Å². The molecule has 1 nitrogen and oxygen atoms in total. The number of rotatable bonds is 3. The number of halogens is 1. The average molecular weight is 179 g/mol. The third kappa shape index (κ3) is 2.28. The summed E-state index contributed by atoms with van der Waals surface area (Å²) in [5.41, 5.74) is 7.01. The summed E-state index contributed by atoms with van der Waals surface area (Å²) in [5.74, 6) is 0.627. The van der Waals surface area contributed by atoms with Crippen molar-refractivity contribution in [3.8, 4) is 0 Å². The second kappa shape index (κ2) is 3.46. The Hall–Kier alpha value is -0.890. The van der Waals surface area contributed by atoms with E-state index < -0.39 is 0 Å². The fraction of sp³-hybridized carbons (Fsp3) is 0.455. The third-order valence-corrected chi connectivity index (χ3v) is 2.58. The van der Waals surface area contributed by atoms with Crippen LogP contribution >= 0.6 is 0 Å². The fourth-order valence-corrected chi connectivity index (χ4v) is 1.56. The van der Waals surface area contributed by atoms with Gasteiger partial charge in [-0.2, -0.15) is 0 Å². The highest BCUT2D eigenvalue weighted by Gasteiger charge is 2.24. The average Bonchev–Trinajstić information content (AvgIpc) is 2.89. The molecule has 13 heavy (non-hydrogen) atoms. The molecule has 0 aliphatic heterocycles. The first-order chi connectivity index (χ1) is 6.25. The molecule has 1 saturated carbocycles. The van der Waals surface area contributed by atoms with Gasteiger partial charge in [0.2, 0.25) is 0 Å². The molecule has 0 radical (unpaired) electrons. The highest BCUT2D eigenvalue weighted by Crippen LogP contribution is 2.36. The van der Waals surface area contributed by atoms with Crippen molar-refractivity contribution in [3.63, 3.8) is 0 Å². The molecule has 0 bridgehead atoms. The van der Waals surface area contributed by atoms with Crippen molar-refractivity contribution >= 4 is 0 Å². The van der Waals surface area contributed by atoms with Crippen LogP contribution in [0.25, 0.3) is 0 Å². The zero-order chi connectivity index (χ0) is 9.26. The van der Waals surface area contributed by atoms with Crippen LogP contribution in [0, 0.1) is 11.7 Å². The quantitative estimate of drug-likeness (QED) is 0.758. The molecule has 1 fully saturated rings. The summed E-state index contributed by atoms with van der Waals surface area (Å²) < 4.78 is 12.6. The maximum atomic E-state index is 12.6. The minimum absolute atomic E-state index is 0.0908. The Morgan fingerprint density at radius 3 is 2.46 bits per heavy atom. The lowest BCUT2D eigenvalue weighted by Crippen LogP contribution is -2.10. The van der Waals surface area contributed by atoms with Crippen LogP contribution in [0.15, 0.2) is 24.3 Å². The molecular weight excluding hydrogens is 165 g/mol. The highest BCUT2D eigenvalue weighted by molar-refractivity contribution is 5.19. The van der Waals surface area contributed by atoms with E-state index in [1.165, 1.54) is 25.0 Å². The van der Waals surface area contributed by atoms with Crippen molar-refractivity contribution in [1.29, 1.82) is 0 Å². The van der Waals surface area contributed by atoms with Gasteiger partial charge in [-0.1, -0.05) is 25.0 Å². The second-order valence-electron chi connectivity index (χ2n) is 3.84. The van der Waals surface area contributed by atoms with Gasteiger partial charge in [0.1, 0.15) is 5.82 Å². The van der Waals surface area contributed by atoms with Gasteiger partial charge in [-0.3, -0.25) is 0 Å². The van der Waals surface area contributed by atoms with Crippen LogP contribution in [0.5, 0.6) is 0 Å². The predicted molar refractivity (Wildman–Crippen MR) is 50.7 cm³/mol. The van der Waals surface area contributed by atoms with Crippen LogP contribution in [0.3, 0.4) is 0 Å². The Morgan fingerprint density at radius 1 is 1.31 bits per heavy atom. The van der Waals surface area contributed by atoms with Crippen molar-refractivity contribution in [1.82, 2.24) is 0 Å². The first kappa shape index (κ1) is 8.70. The molecular formula is C11H14FN. The van der Waals surface area contributed by atoms with Crippen LogP contribution < -0.4 is 5.73 Å². The predicted octanol–water partition coefficient (Wildman–Crippen LogP) is 2.63. The maximum Gasteiger partial charge on any atom is 0.123 e. The molecule has 1 aliphatic carbocycles. The first-order valence-corrected chi connectivity index (χ1v) is 4.77. The van der Waals surface area contributed by atoms with Gasteiger partial charge in [0.15, 0.2) is 0 Å². The molecule has 0 amide bonds. The van der Waals surface area contributed by atoms with Crippen molar-refractivity contribution in [2.45, 2.75) is 25.3 Å². The summed E-state index contributed by atoms with van der Waals surface area (Å²) in [6, 6.07) is 6.60. The zero-order valence-electron chi connectivity index (χ0n) is 7.54. The van der Waals surface area contributed by atoms with Gasteiger partial charge in [-0.25, -0.2) is 4.39 Å². The van der Waals surface area contributed by atoms with Crippen molar-refractivity contribution in [2.24, 2.45) is 11.7 Å². The molecule has 0 aromatic heterocycles. The summed E-state index contributed by atoms with van der Waals surface area (Å²) >= 11 is 0. The lowest BCUT2D eigenvalue weighted by atomic mass is 10.0. The molecule has 1 atom stereocenters. The molecule has 70 valence electrons. The number of hydrogen-bond donors (Lipinski definition) is 1. The molecule has 2 heteroatoms. The molecule has 0 unspecified atom stereocenters. The van der Waals surface area contributed by atoms with E-state index in [4.69, 9.17) is 5.73 Å². The molecule has 1 aromatic rings. The Bertz CT molecular complexity index is 277. The van der Waals surface area contributed by atoms with Crippen LogP contribution in [0.4, 0.5) is 4.39 Å². The van der Waals surface area contributed by atoms with Gasteiger partial charge in [0, 0.05) is 6.04 Å². The summed E-state index contributed by atoms with van der Waals surface area (Å²) in [7, 11) is 0. The summed E-state index contributed by atoms with van der Waals surface area (Å²) in [6.45, 7) is 0. The van der Waals surface area contributed by atoms with E-state index in [0.29, 0.717) is 0 Å². The molecule has 1 aliphatic rings. The van der Waals surface area contributed by atoms with Crippen molar-refractivity contribution < 1.29 is 4.39 Å². The van der Waals surface area contributed by atoms with E-state index in [1.54, 1.807) is 12.1 Å². The topological polar surface area (TPSA) is 26.0 Å². The first-order valence-electron chi connectivity index (χ1n) is 4.77. The minimum atomic E-state index is -0.192. The van der Waals surface area contributed by atoms with E-state index in [-0.39, 0.29) is 11.9 Å². The van der Waals surface area contributed by atoms with Gasteiger partial charge in [0.05, 0.1) is 0 Å². The van der Waals surface area contributed by atoms with E-state index in [9.17, 15) is 4.39 Å². The number of nitrogens with two attached hydrogens (primary N) is 1. The van der Waals surface area contributed by atoms with Gasteiger partial charge in [-0.15, -0.1) is 0 Å². The fourth-order valence-electron chi connectivity index (χ4n) is 1.56. The van der Waals surface area contributed by atoms with E-state index in [2.05, 4.69) is 0 Å². The lowest BCUT2D eigenvalue weighted by Gasteiger charge is -2.10. The molecule has 0 saturated heterocycles. The molecule has 2 N–H and O–H groups in total. The Labute approximate surface area is 77.8 Å². The number of hydrogen-bond acceptors (Lipinski definition) is 1. The normalized spacial score (nSPS) is 18.6. The minimum Gasteiger partial charge on any atom is -0.324 e. The Morgan fingerprint density at radius 2 is 1.92 bits per heavy atom. The summed E-state index contributed by atoms with van der Waals surface area (Å²) in [6.07, 6.45) is 3.68. The van der Waals surface area contributed by atoms with Crippen LogP contribution in [-0.2, 0) is 0 Å². The van der Waals surface area contributed by atoms with Gasteiger partial charge in [-0.05, 0) is 30.0 Å². The van der Waals surface area contributed by atoms with Gasteiger partial charge < -0.3 is 5.73 Å². The zero-order valence-corrected chi connectivity index (χ0v) is 7.54. The van der Waals surface area contributed by atoms with Crippen LogP contribution in [0.1, 0.15) is 30.9 Å². The van der Waals surface area contributed by atoms with Gasteiger partial charge >= 0.3 is 0 Å². The van der Waals surface area contributed by atoms with Crippen molar-refractivity contribution in [2.75, 3.05) is 0 Å². The molecule has 1 aromatic carbocycles. The van der Waals surface area contributed by atoms with Gasteiger partial charge in [0.25, 0.3) is 0 Å². The second-order valence-corrected chi connectivity index (χ2v) is 3.84. The lowest BCUT2D eigenvalue weighted by molar-refractivity contribution is 0.591. The van der Waals surface area contributed by atoms with E-state index in [1.807, 2.05) is 0 Å². The monoisotopic (exact) mass is 179 g/mol. The van der Waals surface area contributed by atoms with Crippen molar-refractivity contribution in [3.05, 3.63) is 35.6 Å². The van der Waals surface area contributed by atoms with Crippen LogP contribution in [0.2, 0.25) is 0 Å². The summed E-state index contributed by atoms with van der Waals surface area (Å²) in [4.78, 5) is 0. The maximum absolute atomic E-state index is 12.6. The largest absolute Gasteiger partial charge is 0.324 e. The Balaban J connectivity index is 2.01. The highest BCUT2D eigenvalue weighted by atomic mass is 19.1. The number of benzene rings is 1. The summed E-state index contributed by atoms with van der Waals surface area (Å²) in [5, 5.41) is 0. The smallest absolute Gasteiger partial charge is 0.123 e. The molecule has 2 rings (SSSR count). The molecule has 0 spiro atoms. The Kier molecular flexibility index (Phi) is 2.32. The molecule has 0 heterocycles. The SMILES string of the molecule is N[C@H](CC1CC1)c1ccc(F)cc1. The standard InChI is InChI=1S/C11H14FN/c12-10-5-3-9(4-6-10)11(13)7-8-1-2-8/h3-6,8,11H,1-2,7,13H2/t11-/m1/s1. The van der Waals surface area contributed by atoms with E-state index in [0.717, 1.165) is 17.9 Å². The third-order valence-electron chi connectivity index (χ3n) is 2.58. The van der Waals surface area contributed by atoms with E-state index >= 15 is 0 Å².